The topological polar surface area (TPSA) is 24.7 Å². The number of unbranched alkanes of at least 4 members (excludes halogenated alkanes) is 67. The van der Waals surface area contributed by atoms with Gasteiger partial charge >= 0.3 is 0 Å². The summed E-state index contributed by atoms with van der Waals surface area (Å²) >= 11 is 0. The zero-order valence-electron chi connectivity index (χ0n) is 69.7. The summed E-state index contributed by atoms with van der Waals surface area (Å²) in [4.78, 5) is 11.2. The van der Waals surface area contributed by atoms with Crippen LogP contribution in [0.1, 0.15) is 514 Å². The van der Waals surface area contributed by atoms with Crippen LogP contribution in [0.2, 0.25) is 0 Å². The number of allylic oxidation sites excluding steroid dienone is 6. The first-order chi connectivity index (χ1) is 50.7. The molecule has 0 aliphatic rings. The average Bonchev–Trinajstić information content (AvgIpc) is 0.848. The predicted octanol–water partition coefficient (Wildman–Crippen LogP) is 36.2. The van der Waals surface area contributed by atoms with Crippen molar-refractivity contribution in [1.29, 1.82) is 0 Å². The minimum atomic E-state index is 0.947. The van der Waals surface area contributed by atoms with Crippen molar-refractivity contribution in [1.82, 2.24) is 0 Å². The van der Waals surface area contributed by atoms with E-state index in [1.807, 2.05) is 0 Å². The van der Waals surface area contributed by atoms with Gasteiger partial charge in [-0.15, -0.1) is 0 Å². The number of para-hydroxylation sites is 2. The number of aryl methyl sites for hydroxylation is 2. The summed E-state index contributed by atoms with van der Waals surface area (Å²) in [6, 6.07) is 18.0. The molecule has 102 heavy (non-hydrogen) atoms. The average molecular weight is 1410 g/mol. The fourth-order valence-electron chi connectivity index (χ4n) is 15.5. The van der Waals surface area contributed by atoms with Gasteiger partial charge in [0.05, 0.1) is 22.8 Å². The third-order valence-corrected chi connectivity index (χ3v) is 22.5. The van der Waals surface area contributed by atoms with Crippen molar-refractivity contribution in [3.8, 4) is 0 Å². The fraction of sp³-hybridized carbons (Fsp3) is 0.800. The van der Waals surface area contributed by atoms with Crippen LogP contribution in [0.15, 0.2) is 95.0 Å². The van der Waals surface area contributed by atoms with Crippen LogP contribution in [0.3, 0.4) is 0 Å². The summed E-state index contributed by atoms with van der Waals surface area (Å²) < 4.78 is 0. The van der Waals surface area contributed by atoms with Gasteiger partial charge in [-0.3, -0.25) is 4.99 Å². The summed E-state index contributed by atoms with van der Waals surface area (Å²) in [6.07, 6.45) is 120. The molecule has 0 aliphatic carbocycles. The molecule has 0 N–H and O–H groups in total. The standard InChI is InChI=1S/C100H178N2/c1-5-9-13-16-19-22-25-28-31-34-37-40-43-45-47-49-51-53-56-59-62-65-68-71-74-77-80-87-95-89-83-85-92-97(95)101-99(91-12-8-4)100(94-82-79-76-73-70-67-64-61-58-55-42-39-36-33-30-27-24-21-18-15-11-7-3)102-98-93-86-84-90-96(98)88-81-78-75-72-69-66-63-60-57-54-52-50-48-46-44-41-38-35-32-29-26-23-20-17-14-10-6-2/h71-72,74-75,82-86,89-90,92-94H,5-70,73,76-81,87-88,91H2,1-4H3/b74-71+,75-72+,94-82+,101-99?,102-100?. The lowest BCUT2D eigenvalue weighted by atomic mass is 10.0. The van der Waals surface area contributed by atoms with Gasteiger partial charge in [0, 0.05) is 0 Å². The molecule has 0 bridgehead atoms. The van der Waals surface area contributed by atoms with Crippen LogP contribution in [-0.4, -0.2) is 11.4 Å². The zero-order chi connectivity index (χ0) is 72.5. The lowest BCUT2D eigenvalue weighted by Gasteiger charge is -2.12. The molecule has 588 valence electrons. The molecule has 2 heteroatoms. The van der Waals surface area contributed by atoms with E-state index in [1.54, 1.807) is 0 Å². The molecule has 0 saturated carbocycles. The molecule has 0 aromatic heterocycles. The lowest BCUT2D eigenvalue weighted by Crippen LogP contribution is -2.12. The Hall–Kier alpha value is -3.00. The summed E-state index contributed by atoms with van der Waals surface area (Å²) in [5.41, 5.74) is 7.22. The second-order valence-corrected chi connectivity index (χ2v) is 32.5. The Morgan fingerprint density at radius 2 is 0.422 bits per heavy atom. The molecule has 0 saturated heterocycles. The van der Waals surface area contributed by atoms with E-state index in [1.165, 1.54) is 435 Å². The molecule has 0 atom stereocenters. The fourth-order valence-corrected chi connectivity index (χ4v) is 15.5. The van der Waals surface area contributed by atoms with Crippen LogP contribution in [0.25, 0.3) is 0 Å². The molecule has 0 unspecified atom stereocenters. The van der Waals surface area contributed by atoms with E-state index in [9.17, 15) is 0 Å². The first-order valence-corrected chi connectivity index (χ1v) is 47.0. The Morgan fingerprint density at radius 3 is 0.676 bits per heavy atom. The Bertz CT molecular complexity index is 2140. The van der Waals surface area contributed by atoms with Crippen LogP contribution in [0.4, 0.5) is 11.4 Å². The largest absolute Gasteiger partial charge is 0.251 e. The van der Waals surface area contributed by atoms with E-state index in [-0.39, 0.29) is 0 Å². The number of nitrogens with zero attached hydrogens (tertiary/aromatic N) is 2. The summed E-state index contributed by atoms with van der Waals surface area (Å²) in [7, 11) is 0. The Kier molecular flexibility index (Phi) is 75.1. The zero-order valence-corrected chi connectivity index (χ0v) is 69.7. The van der Waals surface area contributed by atoms with Crippen molar-refractivity contribution in [3.05, 3.63) is 96.1 Å². The maximum absolute atomic E-state index is 5.62. The Balaban J connectivity index is 1.83. The van der Waals surface area contributed by atoms with E-state index in [0.29, 0.717) is 0 Å². The van der Waals surface area contributed by atoms with E-state index >= 15 is 0 Å². The highest BCUT2D eigenvalue weighted by atomic mass is 14.8. The summed E-state index contributed by atoms with van der Waals surface area (Å²) in [5.74, 6) is 0. The summed E-state index contributed by atoms with van der Waals surface area (Å²) in [6.45, 7) is 9.27. The van der Waals surface area contributed by atoms with Crippen LogP contribution >= 0.6 is 0 Å². The lowest BCUT2D eigenvalue weighted by molar-refractivity contribution is 0.519. The highest BCUT2D eigenvalue weighted by molar-refractivity contribution is 6.47. The molecular formula is C100H178N2. The normalized spacial score (nSPS) is 12.4. The number of aliphatic imine (C=N–C) groups is 2. The molecule has 2 rings (SSSR count). The second kappa shape index (κ2) is 80.5. The van der Waals surface area contributed by atoms with Gasteiger partial charge in [-0.2, -0.15) is 0 Å². The maximum Gasteiger partial charge on any atom is 0.0848 e. The van der Waals surface area contributed by atoms with E-state index in [0.717, 1.165) is 87.0 Å². The molecule has 0 fully saturated rings. The van der Waals surface area contributed by atoms with Gasteiger partial charge in [0.15, 0.2) is 0 Å². The van der Waals surface area contributed by atoms with Crippen molar-refractivity contribution in [2.45, 2.75) is 516 Å². The van der Waals surface area contributed by atoms with Gasteiger partial charge in [0.1, 0.15) is 0 Å². The van der Waals surface area contributed by atoms with E-state index in [4.69, 9.17) is 9.98 Å². The van der Waals surface area contributed by atoms with Crippen LogP contribution in [0.5, 0.6) is 0 Å². The van der Waals surface area contributed by atoms with Crippen molar-refractivity contribution in [2.24, 2.45) is 9.98 Å². The van der Waals surface area contributed by atoms with Crippen LogP contribution in [0, 0.1) is 0 Å². The van der Waals surface area contributed by atoms with Gasteiger partial charge < -0.3 is 0 Å². The van der Waals surface area contributed by atoms with E-state index < -0.39 is 0 Å². The molecule has 2 aromatic rings. The molecule has 0 heterocycles. The number of rotatable bonds is 82. The first kappa shape index (κ1) is 95.1. The smallest absolute Gasteiger partial charge is 0.0848 e. The molecule has 2 aromatic carbocycles. The van der Waals surface area contributed by atoms with Crippen LogP contribution < -0.4 is 0 Å². The highest BCUT2D eigenvalue weighted by Crippen LogP contribution is 2.27. The molecule has 0 spiro atoms. The molecular weight excluding hydrogens is 1230 g/mol. The van der Waals surface area contributed by atoms with Crippen molar-refractivity contribution < 1.29 is 0 Å². The molecule has 0 amide bonds. The van der Waals surface area contributed by atoms with Gasteiger partial charge in [-0.1, -0.05) is 493 Å². The van der Waals surface area contributed by atoms with Crippen molar-refractivity contribution >= 4 is 22.8 Å². The first-order valence-electron chi connectivity index (χ1n) is 47.0. The maximum atomic E-state index is 5.62. The van der Waals surface area contributed by atoms with Gasteiger partial charge in [0.25, 0.3) is 0 Å². The summed E-state index contributed by atoms with van der Waals surface area (Å²) in [5, 5.41) is 0. The Labute approximate surface area is 640 Å². The molecule has 0 aliphatic heterocycles. The number of hydrogen-bond acceptors (Lipinski definition) is 2. The van der Waals surface area contributed by atoms with Gasteiger partial charge in [0.2, 0.25) is 0 Å². The minimum absolute atomic E-state index is 0.947. The monoisotopic (exact) mass is 1410 g/mol. The molecule has 2 nitrogen and oxygen atoms in total. The third kappa shape index (κ3) is 65.3. The Morgan fingerprint density at radius 1 is 0.216 bits per heavy atom. The number of benzene rings is 2. The predicted molar refractivity (Wildman–Crippen MR) is 466 cm³/mol. The van der Waals surface area contributed by atoms with Gasteiger partial charge in [-0.25, -0.2) is 4.99 Å². The van der Waals surface area contributed by atoms with Gasteiger partial charge in [-0.05, 0) is 119 Å². The van der Waals surface area contributed by atoms with Crippen molar-refractivity contribution in [3.63, 3.8) is 0 Å². The van der Waals surface area contributed by atoms with E-state index in [2.05, 4.69) is 113 Å². The number of hydrogen-bond donors (Lipinski definition) is 0. The highest BCUT2D eigenvalue weighted by Gasteiger charge is 2.12. The van der Waals surface area contributed by atoms with Crippen molar-refractivity contribution in [2.75, 3.05) is 0 Å². The quantitative estimate of drug-likeness (QED) is 0.0358. The third-order valence-electron chi connectivity index (χ3n) is 22.5. The minimum Gasteiger partial charge on any atom is -0.251 e. The SMILES string of the molecule is CCCCCCCCCCCCCCCCCCCCCC/C=C/C(=Nc1ccccc1CCC/C=C/CCCCCCCCCCCCCCCCCCCCCCCC)C(CCCC)=Nc1ccccc1CCC/C=C/CCCCCCCCCCCCCCCCCCCCCCCC. The molecule has 0 radical (unpaired) electrons. The second-order valence-electron chi connectivity index (χ2n) is 32.5. The van der Waals surface area contributed by atoms with Crippen LogP contribution in [-0.2, 0) is 12.8 Å².